The van der Waals surface area contributed by atoms with E-state index in [-0.39, 0.29) is 0 Å². The molecular formula is C12H21N. The van der Waals surface area contributed by atoms with Gasteiger partial charge in [-0.2, -0.15) is 0 Å². The van der Waals surface area contributed by atoms with Crippen LogP contribution in [0.25, 0.3) is 0 Å². The molecule has 0 aromatic rings. The van der Waals surface area contributed by atoms with E-state index in [1.54, 1.807) is 0 Å². The van der Waals surface area contributed by atoms with Crippen molar-refractivity contribution in [3.05, 3.63) is 0 Å². The summed E-state index contributed by atoms with van der Waals surface area (Å²) in [5, 5.41) is 0. The van der Waals surface area contributed by atoms with E-state index >= 15 is 0 Å². The molecule has 0 spiro atoms. The van der Waals surface area contributed by atoms with Gasteiger partial charge in [-0.05, 0) is 32.1 Å². The number of rotatable bonds is 1. The second-order valence-corrected chi connectivity index (χ2v) is 5.21. The van der Waals surface area contributed by atoms with Gasteiger partial charge < -0.3 is 0 Å². The van der Waals surface area contributed by atoms with Crippen LogP contribution in [0.4, 0.5) is 0 Å². The van der Waals surface area contributed by atoms with Gasteiger partial charge in [-0.25, -0.2) is 0 Å². The number of piperidine rings is 1. The van der Waals surface area contributed by atoms with Gasteiger partial charge in [0.2, 0.25) is 0 Å². The summed E-state index contributed by atoms with van der Waals surface area (Å²) in [7, 11) is 0. The van der Waals surface area contributed by atoms with Crippen LogP contribution in [-0.2, 0) is 0 Å². The third-order valence-electron chi connectivity index (χ3n) is 4.46. The van der Waals surface area contributed by atoms with E-state index in [0.29, 0.717) is 0 Å². The van der Waals surface area contributed by atoms with Crippen LogP contribution in [0.1, 0.15) is 57.8 Å². The molecule has 2 heterocycles. The molecule has 13 heavy (non-hydrogen) atoms. The molecule has 2 bridgehead atoms. The van der Waals surface area contributed by atoms with Crippen LogP contribution in [0.3, 0.4) is 0 Å². The zero-order valence-corrected chi connectivity index (χ0v) is 8.54. The van der Waals surface area contributed by atoms with Crippen molar-refractivity contribution >= 4 is 0 Å². The lowest BCUT2D eigenvalue weighted by Crippen LogP contribution is -2.62. The Hall–Kier alpha value is -0.0400. The number of fused-ring (bicyclic) bond motifs is 2. The van der Waals surface area contributed by atoms with Gasteiger partial charge in [0, 0.05) is 18.1 Å². The molecule has 2 aliphatic heterocycles. The SMILES string of the molecule is C1CCC(N2C3CCCC2C3)CC1. The molecule has 2 atom stereocenters. The first-order valence-corrected chi connectivity index (χ1v) is 6.22. The summed E-state index contributed by atoms with van der Waals surface area (Å²) in [6.07, 6.45) is 13.6. The zero-order valence-electron chi connectivity index (χ0n) is 8.54. The maximum atomic E-state index is 2.89. The molecule has 74 valence electrons. The van der Waals surface area contributed by atoms with Crippen molar-refractivity contribution in [1.82, 2.24) is 4.90 Å². The van der Waals surface area contributed by atoms with Crippen molar-refractivity contribution in [2.24, 2.45) is 0 Å². The fourth-order valence-corrected chi connectivity index (χ4v) is 3.82. The molecule has 3 fully saturated rings. The van der Waals surface area contributed by atoms with Gasteiger partial charge in [-0.1, -0.05) is 25.7 Å². The van der Waals surface area contributed by atoms with Crippen LogP contribution in [0.5, 0.6) is 0 Å². The van der Waals surface area contributed by atoms with Crippen molar-refractivity contribution in [2.45, 2.75) is 75.9 Å². The predicted octanol–water partition coefficient (Wildman–Crippen LogP) is 2.95. The van der Waals surface area contributed by atoms with Crippen molar-refractivity contribution < 1.29 is 0 Å². The Labute approximate surface area is 81.5 Å². The Morgan fingerprint density at radius 1 is 0.615 bits per heavy atom. The maximum absolute atomic E-state index is 2.89. The average molecular weight is 179 g/mol. The summed E-state index contributed by atoms with van der Waals surface area (Å²) in [5.74, 6) is 0. The first kappa shape index (κ1) is 8.28. The smallest absolute Gasteiger partial charge is 0.0116 e. The molecule has 0 aromatic heterocycles. The van der Waals surface area contributed by atoms with E-state index in [4.69, 9.17) is 0 Å². The quantitative estimate of drug-likeness (QED) is 0.598. The molecule has 0 aromatic carbocycles. The minimum absolute atomic E-state index is 0.998. The number of hydrogen-bond donors (Lipinski definition) is 0. The Balaban J connectivity index is 1.64. The molecule has 0 radical (unpaired) electrons. The van der Waals surface area contributed by atoms with Gasteiger partial charge >= 0.3 is 0 Å². The molecule has 0 amide bonds. The molecular weight excluding hydrogens is 158 g/mol. The second kappa shape index (κ2) is 3.27. The third kappa shape index (κ3) is 1.32. The molecule has 1 saturated carbocycles. The topological polar surface area (TPSA) is 3.24 Å². The number of nitrogens with zero attached hydrogens (tertiary/aromatic N) is 1. The molecule has 3 aliphatic rings. The predicted molar refractivity (Wildman–Crippen MR) is 54.8 cm³/mol. The van der Waals surface area contributed by atoms with E-state index in [1.165, 1.54) is 57.8 Å². The van der Waals surface area contributed by atoms with Crippen LogP contribution < -0.4 is 0 Å². The molecule has 3 rings (SSSR count). The highest BCUT2D eigenvalue weighted by Crippen LogP contribution is 2.42. The Morgan fingerprint density at radius 2 is 1.23 bits per heavy atom. The Morgan fingerprint density at radius 3 is 1.85 bits per heavy atom. The maximum Gasteiger partial charge on any atom is 0.0116 e. The molecule has 2 saturated heterocycles. The summed E-state index contributed by atoms with van der Waals surface area (Å²) in [5.41, 5.74) is 0. The minimum Gasteiger partial charge on any atom is -0.294 e. The fraction of sp³-hybridized carbons (Fsp3) is 1.00. The molecule has 1 heteroatoms. The monoisotopic (exact) mass is 179 g/mol. The summed E-state index contributed by atoms with van der Waals surface area (Å²) in [6.45, 7) is 0. The molecule has 1 nitrogen and oxygen atoms in total. The minimum atomic E-state index is 0.998. The normalized spacial score (nSPS) is 41.5. The third-order valence-corrected chi connectivity index (χ3v) is 4.46. The highest BCUT2D eigenvalue weighted by atomic mass is 15.3. The van der Waals surface area contributed by atoms with Crippen LogP contribution >= 0.6 is 0 Å². The summed E-state index contributed by atoms with van der Waals surface area (Å²) in [6, 6.07) is 3.03. The molecule has 2 unspecified atom stereocenters. The van der Waals surface area contributed by atoms with Crippen molar-refractivity contribution in [1.29, 1.82) is 0 Å². The van der Waals surface area contributed by atoms with Crippen molar-refractivity contribution in [3.8, 4) is 0 Å². The standard InChI is InChI=1S/C12H21N/c1-2-5-10(6-3-1)13-11-7-4-8-12(13)9-11/h10-12H,1-9H2. The van der Waals surface area contributed by atoms with E-state index < -0.39 is 0 Å². The van der Waals surface area contributed by atoms with Crippen molar-refractivity contribution in [3.63, 3.8) is 0 Å². The Kier molecular flexibility index (Phi) is 2.08. The van der Waals surface area contributed by atoms with Gasteiger partial charge in [-0.3, -0.25) is 4.90 Å². The lowest BCUT2D eigenvalue weighted by Gasteiger charge is -2.57. The fourth-order valence-electron chi connectivity index (χ4n) is 3.82. The van der Waals surface area contributed by atoms with Gasteiger partial charge in [0.15, 0.2) is 0 Å². The first-order chi connectivity index (χ1) is 6.45. The first-order valence-electron chi connectivity index (χ1n) is 6.22. The van der Waals surface area contributed by atoms with Gasteiger partial charge in [0.25, 0.3) is 0 Å². The van der Waals surface area contributed by atoms with Crippen LogP contribution in [0.15, 0.2) is 0 Å². The van der Waals surface area contributed by atoms with Crippen LogP contribution in [0.2, 0.25) is 0 Å². The highest BCUT2D eigenvalue weighted by Gasteiger charge is 2.44. The number of hydrogen-bond acceptors (Lipinski definition) is 1. The van der Waals surface area contributed by atoms with Gasteiger partial charge in [0.1, 0.15) is 0 Å². The summed E-state index contributed by atoms with van der Waals surface area (Å²) >= 11 is 0. The zero-order chi connectivity index (χ0) is 8.67. The van der Waals surface area contributed by atoms with E-state index in [1.807, 2.05) is 0 Å². The summed E-state index contributed by atoms with van der Waals surface area (Å²) in [4.78, 5) is 2.89. The second-order valence-electron chi connectivity index (χ2n) is 5.21. The largest absolute Gasteiger partial charge is 0.294 e. The van der Waals surface area contributed by atoms with E-state index in [9.17, 15) is 0 Å². The van der Waals surface area contributed by atoms with Crippen LogP contribution in [-0.4, -0.2) is 23.0 Å². The Bertz CT molecular complexity index is 170. The average Bonchev–Trinajstić information content (AvgIpc) is 2.20. The van der Waals surface area contributed by atoms with Gasteiger partial charge in [-0.15, -0.1) is 0 Å². The lowest BCUT2D eigenvalue weighted by molar-refractivity contribution is -0.0708. The van der Waals surface area contributed by atoms with E-state index in [0.717, 1.165) is 18.1 Å². The van der Waals surface area contributed by atoms with Gasteiger partial charge in [0.05, 0.1) is 0 Å². The van der Waals surface area contributed by atoms with Crippen molar-refractivity contribution in [2.75, 3.05) is 0 Å². The lowest BCUT2D eigenvalue weighted by atomic mass is 9.76. The highest BCUT2D eigenvalue weighted by molar-refractivity contribution is 5.00. The van der Waals surface area contributed by atoms with E-state index in [2.05, 4.69) is 4.90 Å². The molecule has 1 aliphatic carbocycles. The summed E-state index contributed by atoms with van der Waals surface area (Å²) < 4.78 is 0. The molecule has 0 N–H and O–H groups in total. The van der Waals surface area contributed by atoms with Crippen LogP contribution in [0, 0.1) is 0 Å².